The Morgan fingerprint density at radius 3 is 2.22 bits per heavy atom. The first-order valence-corrected chi connectivity index (χ1v) is 8.56. The van der Waals surface area contributed by atoms with Gasteiger partial charge in [-0.15, -0.1) is 0 Å². The predicted octanol–water partition coefficient (Wildman–Crippen LogP) is 4.00. The van der Waals surface area contributed by atoms with E-state index in [1.54, 1.807) is 0 Å². The van der Waals surface area contributed by atoms with Gasteiger partial charge in [0.15, 0.2) is 0 Å². The van der Waals surface area contributed by atoms with Crippen molar-refractivity contribution in [1.82, 2.24) is 4.90 Å². The van der Waals surface area contributed by atoms with Gasteiger partial charge in [-0.1, -0.05) is 32.9 Å². The molecule has 23 heavy (non-hydrogen) atoms. The summed E-state index contributed by atoms with van der Waals surface area (Å²) < 4.78 is 0. The molecule has 1 aromatic rings. The number of hydrogen-bond donors (Lipinski definition) is 2. The summed E-state index contributed by atoms with van der Waals surface area (Å²) in [6, 6.07) is 8.29. The molecule has 0 bridgehead atoms. The molecule has 1 aliphatic rings. The average molecular weight is 318 g/mol. The Hall–Kier alpha value is -1.55. The van der Waals surface area contributed by atoms with Gasteiger partial charge in [0.1, 0.15) is 0 Å². The summed E-state index contributed by atoms with van der Waals surface area (Å²) in [6.45, 7) is 6.80. The van der Waals surface area contributed by atoms with Crippen LogP contribution in [0.1, 0.15) is 52.0 Å². The highest BCUT2D eigenvalue weighted by Crippen LogP contribution is 2.27. The molecule has 0 radical (unpaired) electrons. The van der Waals surface area contributed by atoms with E-state index in [2.05, 4.69) is 38.2 Å². The second-order valence-electron chi connectivity index (χ2n) is 7.73. The van der Waals surface area contributed by atoms with Gasteiger partial charge in [0.2, 0.25) is 0 Å². The van der Waals surface area contributed by atoms with Crippen molar-refractivity contribution in [3.05, 3.63) is 29.8 Å². The predicted molar refractivity (Wildman–Crippen MR) is 94.8 cm³/mol. The van der Waals surface area contributed by atoms with Crippen molar-refractivity contribution >= 4 is 11.7 Å². The fraction of sp³-hybridized carbons (Fsp3) is 0.632. The first-order valence-electron chi connectivity index (χ1n) is 8.56. The van der Waals surface area contributed by atoms with Crippen LogP contribution >= 0.6 is 0 Å². The minimum Gasteiger partial charge on any atom is -0.396 e. The number of nitrogens with zero attached hydrogens (tertiary/aromatic N) is 1. The number of nitrogens with one attached hydrogen (secondary N) is 1. The van der Waals surface area contributed by atoms with Crippen molar-refractivity contribution < 1.29 is 9.90 Å². The van der Waals surface area contributed by atoms with E-state index < -0.39 is 0 Å². The number of amides is 2. The van der Waals surface area contributed by atoms with Gasteiger partial charge in [-0.25, -0.2) is 4.79 Å². The Morgan fingerprint density at radius 1 is 1.17 bits per heavy atom. The zero-order chi connectivity index (χ0) is 17.0. The molecule has 128 valence electrons. The van der Waals surface area contributed by atoms with Gasteiger partial charge < -0.3 is 15.3 Å². The number of aliphatic hydroxyl groups excluding tert-OH is 1. The highest BCUT2D eigenvalue weighted by atomic mass is 16.3. The molecule has 2 N–H and O–H groups in total. The molecule has 0 unspecified atom stereocenters. The van der Waals surface area contributed by atoms with Crippen molar-refractivity contribution in [2.45, 2.75) is 57.9 Å². The molecule has 4 heteroatoms. The SMILES string of the molecule is CN(C(=O)Nc1ccc(C(C)(C)C)cc1)C1CCC(CO)CC1. The number of carbonyl (C=O) groups is 1. The Balaban J connectivity index is 1.91. The van der Waals surface area contributed by atoms with Crippen LogP contribution in [0, 0.1) is 5.92 Å². The third-order valence-electron chi connectivity index (χ3n) is 4.94. The molecule has 1 saturated carbocycles. The number of hydrogen-bond acceptors (Lipinski definition) is 2. The van der Waals surface area contributed by atoms with Crippen molar-refractivity contribution in [2.24, 2.45) is 5.92 Å². The van der Waals surface area contributed by atoms with Crippen molar-refractivity contribution in [3.63, 3.8) is 0 Å². The molecule has 1 fully saturated rings. The quantitative estimate of drug-likeness (QED) is 0.885. The van der Waals surface area contributed by atoms with Crippen LogP contribution in [0.3, 0.4) is 0 Å². The van der Waals surface area contributed by atoms with E-state index in [0.717, 1.165) is 31.4 Å². The largest absolute Gasteiger partial charge is 0.396 e. The molecular weight excluding hydrogens is 288 g/mol. The van der Waals surface area contributed by atoms with Gasteiger partial charge in [-0.3, -0.25) is 0 Å². The lowest BCUT2D eigenvalue weighted by atomic mass is 9.86. The summed E-state index contributed by atoms with van der Waals surface area (Å²) >= 11 is 0. The molecule has 4 nitrogen and oxygen atoms in total. The zero-order valence-corrected chi connectivity index (χ0v) is 14.8. The standard InChI is InChI=1S/C19H30N2O2/c1-19(2,3)15-7-9-16(10-8-15)20-18(23)21(4)17-11-5-14(13-22)6-12-17/h7-10,14,17,22H,5-6,11-13H2,1-4H3,(H,20,23). The number of benzene rings is 1. The second-order valence-corrected chi connectivity index (χ2v) is 7.73. The summed E-state index contributed by atoms with van der Waals surface area (Å²) in [7, 11) is 1.86. The van der Waals surface area contributed by atoms with Gasteiger partial charge >= 0.3 is 6.03 Å². The topological polar surface area (TPSA) is 52.6 Å². The van der Waals surface area contributed by atoms with E-state index in [4.69, 9.17) is 0 Å². The molecule has 0 atom stereocenters. The number of urea groups is 1. The van der Waals surface area contributed by atoms with Crippen LogP contribution in [0.15, 0.2) is 24.3 Å². The molecule has 0 heterocycles. The second kappa shape index (κ2) is 7.35. The Bertz CT molecular complexity index is 511. The third kappa shape index (κ3) is 4.71. The molecule has 0 aliphatic heterocycles. The minimum absolute atomic E-state index is 0.0547. The first kappa shape index (κ1) is 17.8. The molecule has 2 rings (SSSR count). The molecule has 0 saturated heterocycles. The Labute approximate surface area is 139 Å². The fourth-order valence-corrected chi connectivity index (χ4v) is 3.15. The maximum Gasteiger partial charge on any atom is 0.321 e. The molecule has 1 aromatic carbocycles. The van der Waals surface area contributed by atoms with Gasteiger partial charge in [0, 0.05) is 25.4 Å². The van der Waals surface area contributed by atoms with Crippen molar-refractivity contribution in [3.8, 4) is 0 Å². The van der Waals surface area contributed by atoms with Crippen molar-refractivity contribution in [1.29, 1.82) is 0 Å². The van der Waals surface area contributed by atoms with Gasteiger partial charge in [-0.2, -0.15) is 0 Å². The van der Waals surface area contributed by atoms with E-state index in [-0.39, 0.29) is 24.1 Å². The number of anilines is 1. The normalized spacial score (nSPS) is 21.8. The summed E-state index contributed by atoms with van der Waals surface area (Å²) in [5, 5.41) is 12.2. The maximum atomic E-state index is 12.4. The van der Waals surface area contributed by atoms with Crippen molar-refractivity contribution in [2.75, 3.05) is 19.0 Å². The molecule has 0 spiro atoms. The summed E-state index contributed by atoms with van der Waals surface area (Å²) in [5.74, 6) is 0.410. The summed E-state index contributed by atoms with van der Waals surface area (Å²) in [6.07, 6.45) is 3.94. The third-order valence-corrected chi connectivity index (χ3v) is 4.94. The van der Waals surface area contributed by atoms with E-state index in [9.17, 15) is 9.90 Å². The minimum atomic E-state index is -0.0547. The monoisotopic (exact) mass is 318 g/mol. The first-order chi connectivity index (χ1) is 10.8. The van der Waals surface area contributed by atoms with Crippen LogP contribution in [-0.4, -0.2) is 35.7 Å². The number of rotatable bonds is 3. The van der Waals surface area contributed by atoms with E-state index in [0.29, 0.717) is 5.92 Å². The zero-order valence-electron chi connectivity index (χ0n) is 14.8. The lowest BCUT2D eigenvalue weighted by Gasteiger charge is -2.34. The lowest BCUT2D eigenvalue weighted by molar-refractivity contribution is 0.139. The summed E-state index contributed by atoms with van der Waals surface area (Å²) in [5.41, 5.74) is 2.20. The Morgan fingerprint density at radius 2 is 1.74 bits per heavy atom. The Kier molecular flexibility index (Phi) is 5.69. The fourth-order valence-electron chi connectivity index (χ4n) is 3.15. The molecule has 2 amide bonds. The maximum absolute atomic E-state index is 12.4. The van der Waals surface area contributed by atoms with E-state index in [1.807, 2.05) is 24.1 Å². The summed E-state index contributed by atoms with van der Waals surface area (Å²) in [4.78, 5) is 14.2. The van der Waals surface area contributed by atoms with E-state index >= 15 is 0 Å². The highest BCUT2D eigenvalue weighted by Gasteiger charge is 2.26. The van der Waals surface area contributed by atoms with Gasteiger partial charge in [0.05, 0.1) is 0 Å². The van der Waals surface area contributed by atoms with Crippen LogP contribution in [0.5, 0.6) is 0 Å². The number of aliphatic hydroxyl groups is 1. The number of carbonyl (C=O) groups excluding carboxylic acids is 1. The van der Waals surface area contributed by atoms with Crippen LogP contribution in [-0.2, 0) is 5.41 Å². The smallest absolute Gasteiger partial charge is 0.321 e. The molecule has 0 aromatic heterocycles. The van der Waals surface area contributed by atoms with E-state index in [1.165, 1.54) is 5.56 Å². The van der Waals surface area contributed by atoms with Gasteiger partial charge in [-0.05, 0) is 54.7 Å². The van der Waals surface area contributed by atoms with Crippen LogP contribution < -0.4 is 5.32 Å². The van der Waals surface area contributed by atoms with Crippen LogP contribution in [0.25, 0.3) is 0 Å². The molecule has 1 aliphatic carbocycles. The molecular formula is C19H30N2O2. The highest BCUT2D eigenvalue weighted by molar-refractivity contribution is 5.89. The van der Waals surface area contributed by atoms with Crippen LogP contribution in [0.4, 0.5) is 10.5 Å². The lowest BCUT2D eigenvalue weighted by Crippen LogP contribution is -2.42. The van der Waals surface area contributed by atoms with Crippen LogP contribution in [0.2, 0.25) is 0 Å². The van der Waals surface area contributed by atoms with Gasteiger partial charge in [0.25, 0.3) is 0 Å². The average Bonchev–Trinajstić information content (AvgIpc) is 2.54.